The summed E-state index contributed by atoms with van der Waals surface area (Å²) >= 11 is 0. The zero-order valence-corrected chi connectivity index (χ0v) is 8.01. The number of amides is 1. The first kappa shape index (κ1) is 9.00. The molecule has 0 radical (unpaired) electrons. The summed E-state index contributed by atoms with van der Waals surface area (Å²) in [5, 5.41) is 6.36. The molecule has 2 rings (SSSR count). The van der Waals surface area contributed by atoms with Crippen LogP contribution in [-0.4, -0.2) is 25.0 Å². The van der Waals surface area contributed by atoms with E-state index in [1.165, 1.54) is 19.3 Å². The second-order valence-electron chi connectivity index (χ2n) is 4.24. The molecule has 1 heterocycles. The number of carbonyl (C=O) groups excluding carboxylic acids is 1. The molecule has 3 heteroatoms. The van der Waals surface area contributed by atoms with Crippen LogP contribution in [0.25, 0.3) is 0 Å². The van der Waals surface area contributed by atoms with Gasteiger partial charge in [0.25, 0.3) is 0 Å². The molecule has 0 bridgehead atoms. The lowest BCUT2D eigenvalue weighted by molar-refractivity contribution is -0.119. The Morgan fingerprint density at radius 3 is 2.85 bits per heavy atom. The SMILES string of the molecule is O=C1CCC(CNCCC2CC2)N1. The van der Waals surface area contributed by atoms with E-state index < -0.39 is 0 Å². The average Bonchev–Trinajstić information content (AvgIpc) is 2.84. The van der Waals surface area contributed by atoms with Crippen LogP contribution in [0.1, 0.15) is 32.1 Å². The Kier molecular flexibility index (Phi) is 2.83. The third-order valence-electron chi connectivity index (χ3n) is 2.90. The molecule has 1 atom stereocenters. The third kappa shape index (κ3) is 2.99. The molecule has 13 heavy (non-hydrogen) atoms. The van der Waals surface area contributed by atoms with E-state index in [9.17, 15) is 4.79 Å². The molecule has 74 valence electrons. The Morgan fingerprint density at radius 2 is 2.23 bits per heavy atom. The second-order valence-corrected chi connectivity index (χ2v) is 4.24. The summed E-state index contributed by atoms with van der Waals surface area (Å²) < 4.78 is 0. The highest BCUT2D eigenvalue weighted by Gasteiger charge is 2.22. The van der Waals surface area contributed by atoms with Crippen molar-refractivity contribution >= 4 is 5.91 Å². The molecular formula is C10H18N2O. The van der Waals surface area contributed by atoms with E-state index in [1.54, 1.807) is 0 Å². The normalized spacial score (nSPS) is 27.7. The molecule has 0 aromatic rings. The second kappa shape index (κ2) is 4.09. The Morgan fingerprint density at radius 1 is 1.38 bits per heavy atom. The third-order valence-corrected chi connectivity index (χ3v) is 2.90. The van der Waals surface area contributed by atoms with Crippen molar-refractivity contribution in [3.8, 4) is 0 Å². The van der Waals surface area contributed by atoms with Gasteiger partial charge in [0.2, 0.25) is 5.91 Å². The van der Waals surface area contributed by atoms with Gasteiger partial charge in [-0.05, 0) is 25.3 Å². The molecule has 0 spiro atoms. The van der Waals surface area contributed by atoms with Crippen molar-refractivity contribution < 1.29 is 4.79 Å². The summed E-state index contributed by atoms with van der Waals surface area (Å²) in [6, 6.07) is 0.395. The molecule has 1 unspecified atom stereocenters. The fourth-order valence-corrected chi connectivity index (χ4v) is 1.82. The van der Waals surface area contributed by atoms with E-state index in [2.05, 4.69) is 10.6 Å². The van der Waals surface area contributed by atoms with Crippen molar-refractivity contribution in [3.05, 3.63) is 0 Å². The number of carbonyl (C=O) groups is 1. The van der Waals surface area contributed by atoms with Gasteiger partial charge >= 0.3 is 0 Å². The highest BCUT2D eigenvalue weighted by atomic mass is 16.1. The summed E-state index contributed by atoms with van der Waals surface area (Å²) in [6.07, 6.45) is 5.91. The molecule has 2 aliphatic rings. The fourth-order valence-electron chi connectivity index (χ4n) is 1.82. The Balaban J connectivity index is 1.49. The lowest BCUT2D eigenvalue weighted by Gasteiger charge is -2.10. The van der Waals surface area contributed by atoms with Crippen molar-refractivity contribution in [3.63, 3.8) is 0 Å². The van der Waals surface area contributed by atoms with E-state index >= 15 is 0 Å². The van der Waals surface area contributed by atoms with Crippen LogP contribution in [0.3, 0.4) is 0 Å². The first-order chi connectivity index (χ1) is 6.34. The predicted molar refractivity (Wildman–Crippen MR) is 51.4 cm³/mol. The van der Waals surface area contributed by atoms with Crippen molar-refractivity contribution in [1.82, 2.24) is 10.6 Å². The maximum absolute atomic E-state index is 10.9. The van der Waals surface area contributed by atoms with Crippen LogP contribution >= 0.6 is 0 Å². The van der Waals surface area contributed by atoms with Crippen LogP contribution < -0.4 is 10.6 Å². The van der Waals surface area contributed by atoms with Gasteiger partial charge in [-0.25, -0.2) is 0 Å². The summed E-state index contributed by atoms with van der Waals surface area (Å²) in [7, 11) is 0. The summed E-state index contributed by atoms with van der Waals surface area (Å²) in [5.41, 5.74) is 0. The zero-order valence-electron chi connectivity index (χ0n) is 8.01. The lowest BCUT2D eigenvalue weighted by atomic mass is 10.2. The van der Waals surface area contributed by atoms with E-state index in [0.29, 0.717) is 6.04 Å². The van der Waals surface area contributed by atoms with Crippen molar-refractivity contribution in [2.75, 3.05) is 13.1 Å². The Labute approximate surface area is 79.3 Å². The monoisotopic (exact) mass is 182 g/mol. The summed E-state index contributed by atoms with van der Waals surface area (Å²) in [4.78, 5) is 10.9. The van der Waals surface area contributed by atoms with E-state index in [4.69, 9.17) is 0 Å². The van der Waals surface area contributed by atoms with Gasteiger partial charge in [0.05, 0.1) is 0 Å². The number of nitrogens with one attached hydrogen (secondary N) is 2. The van der Waals surface area contributed by atoms with Crippen LogP contribution in [-0.2, 0) is 4.79 Å². The summed E-state index contributed by atoms with van der Waals surface area (Å²) in [5.74, 6) is 1.22. The average molecular weight is 182 g/mol. The van der Waals surface area contributed by atoms with E-state index in [-0.39, 0.29) is 5.91 Å². The number of hydrogen-bond donors (Lipinski definition) is 2. The number of hydrogen-bond acceptors (Lipinski definition) is 2. The molecule has 2 fully saturated rings. The van der Waals surface area contributed by atoms with Gasteiger partial charge in [0.15, 0.2) is 0 Å². The largest absolute Gasteiger partial charge is 0.352 e. The van der Waals surface area contributed by atoms with Crippen LogP contribution in [0.5, 0.6) is 0 Å². The van der Waals surface area contributed by atoms with Gasteiger partial charge in [-0.15, -0.1) is 0 Å². The zero-order chi connectivity index (χ0) is 9.10. The quantitative estimate of drug-likeness (QED) is 0.613. The standard InChI is InChI=1S/C10H18N2O/c13-10-4-3-9(12-10)7-11-6-5-8-1-2-8/h8-9,11H,1-7H2,(H,12,13). The molecule has 1 saturated heterocycles. The van der Waals surface area contributed by atoms with Crippen molar-refractivity contribution in [1.29, 1.82) is 0 Å². The van der Waals surface area contributed by atoms with Gasteiger partial charge < -0.3 is 10.6 Å². The minimum absolute atomic E-state index is 0.217. The molecule has 1 aliphatic carbocycles. The Bertz CT molecular complexity index is 189. The van der Waals surface area contributed by atoms with Gasteiger partial charge in [-0.1, -0.05) is 12.8 Å². The topological polar surface area (TPSA) is 41.1 Å². The predicted octanol–water partition coefficient (Wildman–Crippen LogP) is 0.655. The van der Waals surface area contributed by atoms with Gasteiger partial charge in [0.1, 0.15) is 0 Å². The highest BCUT2D eigenvalue weighted by molar-refractivity contribution is 5.78. The van der Waals surface area contributed by atoms with Crippen LogP contribution in [0.15, 0.2) is 0 Å². The maximum Gasteiger partial charge on any atom is 0.220 e. The van der Waals surface area contributed by atoms with Crippen LogP contribution in [0, 0.1) is 5.92 Å². The van der Waals surface area contributed by atoms with E-state index in [1.807, 2.05) is 0 Å². The van der Waals surface area contributed by atoms with Crippen molar-refractivity contribution in [2.45, 2.75) is 38.1 Å². The lowest BCUT2D eigenvalue weighted by Crippen LogP contribution is -2.36. The fraction of sp³-hybridized carbons (Fsp3) is 0.900. The highest BCUT2D eigenvalue weighted by Crippen LogP contribution is 2.31. The van der Waals surface area contributed by atoms with E-state index in [0.717, 1.165) is 31.8 Å². The molecule has 3 nitrogen and oxygen atoms in total. The smallest absolute Gasteiger partial charge is 0.220 e. The first-order valence-electron chi connectivity index (χ1n) is 5.34. The molecule has 2 N–H and O–H groups in total. The molecule has 1 amide bonds. The molecular weight excluding hydrogens is 164 g/mol. The van der Waals surface area contributed by atoms with Gasteiger partial charge in [-0.2, -0.15) is 0 Å². The van der Waals surface area contributed by atoms with Gasteiger partial charge in [0, 0.05) is 19.0 Å². The van der Waals surface area contributed by atoms with Gasteiger partial charge in [-0.3, -0.25) is 4.79 Å². The van der Waals surface area contributed by atoms with Crippen LogP contribution in [0.4, 0.5) is 0 Å². The molecule has 0 aromatic carbocycles. The molecule has 1 aliphatic heterocycles. The first-order valence-corrected chi connectivity index (χ1v) is 5.34. The molecule has 0 aromatic heterocycles. The number of rotatable bonds is 5. The van der Waals surface area contributed by atoms with Crippen molar-refractivity contribution in [2.24, 2.45) is 5.92 Å². The minimum Gasteiger partial charge on any atom is -0.352 e. The van der Waals surface area contributed by atoms with Crippen LogP contribution in [0.2, 0.25) is 0 Å². The minimum atomic E-state index is 0.217. The summed E-state index contributed by atoms with van der Waals surface area (Å²) in [6.45, 7) is 2.08. The maximum atomic E-state index is 10.9. The Hall–Kier alpha value is -0.570. The molecule has 1 saturated carbocycles.